The van der Waals surface area contributed by atoms with Gasteiger partial charge in [-0.15, -0.1) is 0 Å². The van der Waals surface area contributed by atoms with Crippen LogP contribution in [0.5, 0.6) is 11.5 Å². The summed E-state index contributed by atoms with van der Waals surface area (Å²) >= 11 is 0. The second-order valence-electron chi connectivity index (χ2n) is 11.4. The second kappa shape index (κ2) is 13.2. The highest BCUT2D eigenvalue weighted by Crippen LogP contribution is 2.44. The third-order valence-corrected chi connectivity index (χ3v) is 7.43. The van der Waals surface area contributed by atoms with Crippen LogP contribution in [0, 0.1) is 17.8 Å². The predicted molar refractivity (Wildman–Crippen MR) is 143 cm³/mol. The Morgan fingerprint density at radius 3 is 2.14 bits per heavy atom. The first-order chi connectivity index (χ1) is 16.9. The predicted octanol–water partition coefficient (Wildman–Crippen LogP) is 7.31. The molecule has 0 radical (unpaired) electrons. The molecule has 1 aromatic carbocycles. The minimum absolute atomic E-state index is 0.145. The zero-order chi connectivity index (χ0) is 26.9. The summed E-state index contributed by atoms with van der Waals surface area (Å²) in [5.41, 5.74) is 1.52. The van der Waals surface area contributed by atoms with Gasteiger partial charge in [0.05, 0.1) is 24.0 Å². The Kier molecular flexibility index (Phi) is 10.9. The van der Waals surface area contributed by atoms with Crippen molar-refractivity contribution in [1.29, 1.82) is 0 Å². The first-order valence-electron chi connectivity index (χ1n) is 13.5. The fourth-order valence-corrected chi connectivity index (χ4v) is 4.38. The average Bonchev–Trinajstić information content (AvgIpc) is 2.81. The van der Waals surface area contributed by atoms with E-state index >= 15 is 0 Å². The van der Waals surface area contributed by atoms with E-state index in [-0.39, 0.29) is 5.92 Å². The molecular formula is C30H46O6. The summed E-state index contributed by atoms with van der Waals surface area (Å²) in [7, 11) is 0. The zero-order valence-electron chi connectivity index (χ0n) is 23.1. The van der Waals surface area contributed by atoms with Gasteiger partial charge < -0.3 is 19.7 Å². The molecule has 1 aliphatic carbocycles. The van der Waals surface area contributed by atoms with Gasteiger partial charge in [-0.3, -0.25) is 9.59 Å². The number of hydrogen-bond donors (Lipinski definition) is 2. The third kappa shape index (κ3) is 8.01. The lowest BCUT2D eigenvalue weighted by atomic mass is 9.85. The van der Waals surface area contributed by atoms with Gasteiger partial charge in [0.1, 0.15) is 11.5 Å². The van der Waals surface area contributed by atoms with Gasteiger partial charge in [-0.25, -0.2) is 0 Å². The number of aryl methyl sites for hydroxylation is 1. The van der Waals surface area contributed by atoms with Crippen LogP contribution >= 0.6 is 0 Å². The van der Waals surface area contributed by atoms with Gasteiger partial charge in [0.25, 0.3) is 0 Å². The zero-order valence-corrected chi connectivity index (χ0v) is 23.1. The molecule has 0 saturated heterocycles. The summed E-state index contributed by atoms with van der Waals surface area (Å²) in [6.45, 7) is 11.7. The van der Waals surface area contributed by atoms with Crippen LogP contribution in [0.25, 0.3) is 0 Å². The van der Waals surface area contributed by atoms with Gasteiger partial charge in [-0.2, -0.15) is 0 Å². The Balaban J connectivity index is 2.47. The molecule has 1 aromatic rings. The number of allylic oxidation sites excluding steroid dienone is 2. The summed E-state index contributed by atoms with van der Waals surface area (Å²) in [5, 5.41) is 19.1. The van der Waals surface area contributed by atoms with Crippen molar-refractivity contribution in [1.82, 2.24) is 0 Å². The molecule has 1 unspecified atom stereocenters. The first-order valence-corrected chi connectivity index (χ1v) is 13.5. The number of hydrogen-bond acceptors (Lipinski definition) is 4. The highest BCUT2D eigenvalue weighted by molar-refractivity contribution is 5.73. The number of benzene rings is 1. The fraction of sp³-hybridized carbons (Fsp3) is 0.667. The van der Waals surface area contributed by atoms with E-state index in [9.17, 15) is 19.8 Å². The lowest BCUT2D eigenvalue weighted by Crippen LogP contribution is -2.26. The third-order valence-electron chi connectivity index (χ3n) is 7.43. The summed E-state index contributed by atoms with van der Waals surface area (Å²) in [5.74, 6) is 0.0334. The van der Waals surface area contributed by atoms with Gasteiger partial charge in [0, 0.05) is 11.5 Å². The quantitative estimate of drug-likeness (QED) is 0.193. The molecule has 36 heavy (non-hydrogen) atoms. The van der Waals surface area contributed by atoms with E-state index < -0.39 is 22.8 Å². The van der Waals surface area contributed by atoms with Crippen molar-refractivity contribution in [2.24, 2.45) is 10.8 Å². The lowest BCUT2D eigenvalue weighted by molar-refractivity contribution is -0.148. The largest absolute Gasteiger partial charge is 0.493 e. The molecule has 0 bridgehead atoms. The van der Waals surface area contributed by atoms with Crippen molar-refractivity contribution in [2.75, 3.05) is 13.2 Å². The molecule has 0 aliphatic heterocycles. The number of carboxylic acid groups (broad SMARTS) is 2. The molecule has 6 heteroatoms. The highest BCUT2D eigenvalue weighted by Gasteiger charge is 2.30. The number of carbonyl (C=O) groups is 2. The molecule has 2 rings (SSSR count). The van der Waals surface area contributed by atoms with Crippen LogP contribution in [-0.4, -0.2) is 35.4 Å². The second-order valence-corrected chi connectivity index (χ2v) is 11.4. The van der Waals surface area contributed by atoms with Gasteiger partial charge in [-0.1, -0.05) is 31.9 Å². The van der Waals surface area contributed by atoms with Crippen LogP contribution in [0.4, 0.5) is 0 Å². The minimum atomic E-state index is -0.876. The van der Waals surface area contributed by atoms with E-state index in [0.29, 0.717) is 26.1 Å². The van der Waals surface area contributed by atoms with Gasteiger partial charge in [0.15, 0.2) is 0 Å². The van der Waals surface area contributed by atoms with Crippen molar-refractivity contribution < 1.29 is 29.3 Å². The van der Waals surface area contributed by atoms with Crippen molar-refractivity contribution in [2.45, 2.75) is 105 Å². The Labute approximate surface area is 217 Å². The number of carboxylic acids is 2. The molecule has 6 nitrogen and oxygen atoms in total. The molecule has 0 amide bonds. The fourth-order valence-electron chi connectivity index (χ4n) is 4.38. The van der Waals surface area contributed by atoms with Crippen LogP contribution in [0.15, 0.2) is 18.2 Å². The monoisotopic (exact) mass is 502 g/mol. The molecular weight excluding hydrogens is 456 g/mol. The van der Waals surface area contributed by atoms with E-state index in [1.54, 1.807) is 27.7 Å². The Morgan fingerprint density at radius 1 is 1.00 bits per heavy atom. The molecule has 202 valence electrons. The number of ether oxygens (including phenoxy) is 2. The van der Waals surface area contributed by atoms with Gasteiger partial charge in [0.2, 0.25) is 0 Å². The van der Waals surface area contributed by atoms with Crippen LogP contribution in [0.1, 0.15) is 109 Å². The van der Waals surface area contributed by atoms with E-state index in [0.717, 1.165) is 67.6 Å². The Bertz CT molecular complexity index is 928. The summed E-state index contributed by atoms with van der Waals surface area (Å²) in [4.78, 5) is 23.2. The van der Waals surface area contributed by atoms with E-state index in [2.05, 4.69) is 32.1 Å². The van der Waals surface area contributed by atoms with E-state index in [4.69, 9.17) is 9.47 Å². The van der Waals surface area contributed by atoms with Crippen LogP contribution in [0.3, 0.4) is 0 Å². The normalized spacial score (nSPS) is 16.1. The molecule has 2 N–H and O–H groups in total. The molecule has 0 saturated carbocycles. The standard InChI is InChI=1S/C30H46O6/c1-7-8-10-15-23-20-24(35-18-16-29(3,4)27(31)32)25(22-13-11-9-12-14-22)26(21(23)2)36-19-17-30(5,6)28(33)34/h11,13,20,22H,7-10,12,14-19H2,1-6H3,(H,31,32)(H,33,34). The molecule has 0 spiro atoms. The average molecular weight is 503 g/mol. The first kappa shape index (κ1) is 29.7. The summed E-state index contributed by atoms with van der Waals surface area (Å²) < 4.78 is 12.7. The highest BCUT2D eigenvalue weighted by atomic mass is 16.5. The van der Waals surface area contributed by atoms with Crippen LogP contribution < -0.4 is 9.47 Å². The van der Waals surface area contributed by atoms with E-state index in [1.165, 1.54) is 5.56 Å². The lowest BCUT2D eigenvalue weighted by Gasteiger charge is -2.28. The number of rotatable bonds is 15. The smallest absolute Gasteiger partial charge is 0.309 e. The minimum Gasteiger partial charge on any atom is -0.493 e. The topological polar surface area (TPSA) is 93.1 Å². The maximum absolute atomic E-state index is 11.6. The molecule has 0 aromatic heterocycles. The van der Waals surface area contributed by atoms with Crippen LogP contribution in [-0.2, 0) is 16.0 Å². The summed E-state index contributed by atoms with van der Waals surface area (Å²) in [6.07, 6.45) is 12.6. The Hall–Kier alpha value is -2.50. The van der Waals surface area contributed by atoms with Crippen molar-refractivity contribution in [3.63, 3.8) is 0 Å². The summed E-state index contributed by atoms with van der Waals surface area (Å²) in [6, 6.07) is 2.13. The number of unbranched alkanes of at least 4 members (excludes halogenated alkanes) is 2. The van der Waals surface area contributed by atoms with E-state index in [1.807, 2.05) is 0 Å². The number of aliphatic carboxylic acids is 2. The van der Waals surface area contributed by atoms with Crippen molar-refractivity contribution in [3.8, 4) is 11.5 Å². The molecule has 0 fully saturated rings. The maximum atomic E-state index is 11.6. The van der Waals surface area contributed by atoms with Gasteiger partial charge >= 0.3 is 11.9 Å². The molecule has 1 aliphatic rings. The van der Waals surface area contributed by atoms with Crippen molar-refractivity contribution >= 4 is 11.9 Å². The van der Waals surface area contributed by atoms with Crippen molar-refractivity contribution in [3.05, 3.63) is 34.9 Å². The maximum Gasteiger partial charge on any atom is 0.309 e. The SMILES string of the molecule is CCCCCc1cc(OCCC(C)(C)C(=O)O)c(C2C=CCCC2)c(OCCC(C)(C)C(=O)O)c1C. The Morgan fingerprint density at radius 2 is 1.61 bits per heavy atom. The van der Waals surface area contributed by atoms with Gasteiger partial charge in [-0.05, 0) is 96.8 Å². The molecule has 0 heterocycles. The van der Waals surface area contributed by atoms with Crippen LogP contribution in [0.2, 0.25) is 0 Å². The molecule has 1 atom stereocenters.